The van der Waals surface area contributed by atoms with Gasteiger partial charge in [0.15, 0.2) is 0 Å². The van der Waals surface area contributed by atoms with Crippen molar-refractivity contribution in [3.63, 3.8) is 0 Å². The van der Waals surface area contributed by atoms with Crippen molar-refractivity contribution in [2.45, 2.75) is 0 Å². The van der Waals surface area contributed by atoms with E-state index in [4.69, 9.17) is 5.21 Å². The summed E-state index contributed by atoms with van der Waals surface area (Å²) < 4.78 is 0. The Labute approximate surface area is 63.0 Å². The van der Waals surface area contributed by atoms with Crippen molar-refractivity contribution in [2.75, 3.05) is 0 Å². The Bertz CT molecular complexity index is 289. The SMILES string of the molecule is ON1NN=C2N=CC=CC=C21. The van der Waals surface area contributed by atoms with Gasteiger partial charge in [-0.25, -0.2) is 4.99 Å². The minimum Gasteiger partial charge on any atom is -0.267 e. The molecule has 0 bridgehead atoms. The second-order valence-corrected chi connectivity index (χ2v) is 2.06. The Morgan fingerprint density at radius 3 is 3.27 bits per heavy atom. The molecule has 2 aliphatic heterocycles. The molecule has 0 fully saturated rings. The van der Waals surface area contributed by atoms with Gasteiger partial charge in [-0.3, -0.25) is 5.21 Å². The fraction of sp³-hybridized carbons (Fsp3) is 0. The van der Waals surface area contributed by atoms with E-state index in [0.717, 1.165) is 5.17 Å². The molecule has 0 aromatic carbocycles. The summed E-state index contributed by atoms with van der Waals surface area (Å²) in [7, 11) is 0. The maximum Gasteiger partial charge on any atom is 0.201 e. The lowest BCUT2D eigenvalue weighted by molar-refractivity contribution is -0.0876. The molecule has 0 spiro atoms. The third kappa shape index (κ3) is 0.908. The second-order valence-electron chi connectivity index (χ2n) is 2.06. The van der Waals surface area contributed by atoms with Crippen LogP contribution in [0.1, 0.15) is 0 Å². The second kappa shape index (κ2) is 2.21. The number of hydroxylamine groups is 1. The molecule has 0 amide bonds. The highest BCUT2D eigenvalue weighted by molar-refractivity contribution is 6.05. The fourth-order valence-corrected chi connectivity index (χ4v) is 0.851. The number of fused-ring (bicyclic) bond motifs is 1. The summed E-state index contributed by atoms with van der Waals surface area (Å²) in [5.74, 6) is 0.484. The lowest BCUT2D eigenvalue weighted by Gasteiger charge is -2.06. The normalized spacial score (nSPS) is 20.3. The Balaban J connectivity index is 2.41. The molecule has 0 unspecified atom stereocenters. The molecule has 2 heterocycles. The molecule has 2 rings (SSSR count). The van der Waals surface area contributed by atoms with Gasteiger partial charge in [0, 0.05) is 6.21 Å². The number of allylic oxidation sites excluding steroid dienone is 3. The third-order valence-corrected chi connectivity index (χ3v) is 1.36. The Morgan fingerprint density at radius 2 is 2.36 bits per heavy atom. The topological polar surface area (TPSA) is 60.2 Å². The number of hydrogen-bond acceptors (Lipinski definition) is 5. The predicted octanol–water partition coefficient (Wildman–Crippen LogP) is 0.0338. The minimum absolute atomic E-state index is 0.484. The van der Waals surface area contributed by atoms with Crippen LogP contribution >= 0.6 is 0 Å². The van der Waals surface area contributed by atoms with Gasteiger partial charge >= 0.3 is 0 Å². The van der Waals surface area contributed by atoms with Crippen molar-refractivity contribution in [3.05, 3.63) is 23.9 Å². The number of hydrazone groups is 1. The molecule has 11 heavy (non-hydrogen) atoms. The van der Waals surface area contributed by atoms with E-state index in [2.05, 4.69) is 15.6 Å². The van der Waals surface area contributed by atoms with Crippen LogP contribution in [0.3, 0.4) is 0 Å². The van der Waals surface area contributed by atoms with Crippen LogP contribution in [0.15, 0.2) is 34.0 Å². The van der Waals surface area contributed by atoms with Gasteiger partial charge in [0.1, 0.15) is 5.70 Å². The molecule has 0 saturated heterocycles. The number of hydrogen-bond donors (Lipinski definition) is 2. The quantitative estimate of drug-likeness (QED) is 0.512. The zero-order valence-electron chi connectivity index (χ0n) is 5.60. The number of amidine groups is 1. The lowest BCUT2D eigenvalue weighted by Crippen LogP contribution is -2.24. The molecule has 5 nitrogen and oxygen atoms in total. The molecule has 0 aromatic rings. The third-order valence-electron chi connectivity index (χ3n) is 1.36. The molecule has 0 saturated carbocycles. The first-order valence-electron chi connectivity index (χ1n) is 3.11. The molecule has 2 N–H and O–H groups in total. The highest BCUT2D eigenvalue weighted by Crippen LogP contribution is 2.10. The van der Waals surface area contributed by atoms with Gasteiger partial charge in [-0.2, -0.15) is 5.53 Å². The average Bonchev–Trinajstić information content (AvgIpc) is 2.25. The van der Waals surface area contributed by atoms with Crippen molar-refractivity contribution in [1.82, 2.24) is 10.7 Å². The summed E-state index contributed by atoms with van der Waals surface area (Å²) in [5.41, 5.74) is 2.90. The van der Waals surface area contributed by atoms with Gasteiger partial charge in [0.25, 0.3) is 0 Å². The van der Waals surface area contributed by atoms with Crippen molar-refractivity contribution in [2.24, 2.45) is 10.1 Å². The summed E-state index contributed by atoms with van der Waals surface area (Å²) in [6.45, 7) is 0. The van der Waals surface area contributed by atoms with Crippen LogP contribution in [0, 0.1) is 0 Å². The van der Waals surface area contributed by atoms with Crippen LogP contribution in [0.25, 0.3) is 0 Å². The van der Waals surface area contributed by atoms with E-state index in [1.165, 1.54) is 0 Å². The molecule has 0 aliphatic carbocycles. The minimum atomic E-state index is 0.484. The maximum atomic E-state index is 9.08. The molecule has 0 atom stereocenters. The molecule has 0 aromatic heterocycles. The number of hydrazine groups is 1. The summed E-state index contributed by atoms with van der Waals surface area (Å²) in [6, 6.07) is 0. The van der Waals surface area contributed by atoms with Gasteiger partial charge in [-0.1, -0.05) is 6.08 Å². The largest absolute Gasteiger partial charge is 0.267 e. The smallest absolute Gasteiger partial charge is 0.201 e. The summed E-state index contributed by atoms with van der Waals surface area (Å²) in [4.78, 5) is 3.94. The summed E-state index contributed by atoms with van der Waals surface area (Å²) in [6.07, 6.45) is 6.87. The maximum absolute atomic E-state index is 9.08. The predicted molar refractivity (Wildman–Crippen MR) is 39.9 cm³/mol. The zero-order chi connectivity index (χ0) is 7.68. The van der Waals surface area contributed by atoms with Gasteiger partial charge < -0.3 is 0 Å². The van der Waals surface area contributed by atoms with E-state index >= 15 is 0 Å². The highest BCUT2D eigenvalue weighted by atomic mass is 16.6. The van der Waals surface area contributed by atoms with E-state index in [-0.39, 0.29) is 0 Å². The molecule has 5 heteroatoms. The van der Waals surface area contributed by atoms with Gasteiger partial charge in [-0.15, -0.1) is 10.3 Å². The monoisotopic (exact) mass is 150 g/mol. The summed E-state index contributed by atoms with van der Waals surface area (Å²) in [5, 5.41) is 13.6. The van der Waals surface area contributed by atoms with Gasteiger partial charge in [0.05, 0.1) is 0 Å². The van der Waals surface area contributed by atoms with Gasteiger partial charge in [0.2, 0.25) is 5.84 Å². The Kier molecular flexibility index (Phi) is 1.23. The average molecular weight is 150 g/mol. The number of nitrogens with one attached hydrogen (secondary N) is 1. The number of nitrogens with zero attached hydrogens (tertiary/aromatic N) is 3. The standard InChI is InChI=1S/C6H6N4O/c11-10-5-3-1-2-4-7-6(5)8-9-10/h1-4,9,11H. The van der Waals surface area contributed by atoms with Gasteiger partial charge in [-0.05, 0) is 12.2 Å². The highest BCUT2D eigenvalue weighted by Gasteiger charge is 2.19. The molecular weight excluding hydrogens is 144 g/mol. The summed E-state index contributed by atoms with van der Waals surface area (Å²) >= 11 is 0. The first kappa shape index (κ1) is 6.11. The Hall–Kier alpha value is -1.62. The van der Waals surface area contributed by atoms with E-state index in [1.54, 1.807) is 24.4 Å². The first-order valence-corrected chi connectivity index (χ1v) is 3.11. The molecular formula is C6H6N4O. The van der Waals surface area contributed by atoms with Crippen molar-refractivity contribution in [3.8, 4) is 0 Å². The molecule has 0 radical (unpaired) electrons. The number of aliphatic imine (C=N–C) groups is 1. The first-order chi connectivity index (χ1) is 5.38. The Morgan fingerprint density at radius 1 is 1.45 bits per heavy atom. The zero-order valence-corrected chi connectivity index (χ0v) is 5.60. The van der Waals surface area contributed by atoms with Crippen molar-refractivity contribution < 1.29 is 5.21 Å². The lowest BCUT2D eigenvalue weighted by atomic mass is 10.4. The molecule has 2 aliphatic rings. The van der Waals surface area contributed by atoms with E-state index in [9.17, 15) is 0 Å². The van der Waals surface area contributed by atoms with E-state index < -0.39 is 0 Å². The van der Waals surface area contributed by atoms with Crippen LogP contribution in [0.5, 0.6) is 0 Å². The van der Waals surface area contributed by atoms with Crippen LogP contribution in [0.4, 0.5) is 0 Å². The molecule has 56 valence electrons. The number of rotatable bonds is 0. The van der Waals surface area contributed by atoms with Crippen molar-refractivity contribution in [1.29, 1.82) is 0 Å². The van der Waals surface area contributed by atoms with E-state index in [0.29, 0.717) is 11.5 Å². The van der Waals surface area contributed by atoms with Crippen LogP contribution in [-0.2, 0) is 0 Å². The van der Waals surface area contributed by atoms with Crippen LogP contribution < -0.4 is 5.53 Å². The van der Waals surface area contributed by atoms with E-state index in [1.807, 2.05) is 0 Å². The fourth-order valence-electron chi connectivity index (χ4n) is 0.851. The van der Waals surface area contributed by atoms with Crippen molar-refractivity contribution >= 4 is 12.1 Å². The van der Waals surface area contributed by atoms with Crippen LogP contribution in [-0.4, -0.2) is 22.4 Å². The van der Waals surface area contributed by atoms with Crippen LogP contribution in [0.2, 0.25) is 0 Å².